The van der Waals surface area contributed by atoms with Crippen LogP contribution in [0.2, 0.25) is 0 Å². The van der Waals surface area contributed by atoms with E-state index >= 15 is 0 Å². The van der Waals surface area contributed by atoms with Crippen LogP contribution in [0.5, 0.6) is 0 Å². The molecule has 26 heavy (non-hydrogen) atoms. The van der Waals surface area contributed by atoms with Gasteiger partial charge in [-0.1, -0.05) is 12.1 Å². The number of para-hydroxylation sites is 2. The molecule has 3 aromatic rings. The van der Waals surface area contributed by atoms with Crippen LogP contribution >= 0.6 is 0 Å². The van der Waals surface area contributed by atoms with Gasteiger partial charge in [0, 0.05) is 17.7 Å². The number of carbonyl (C=O) groups is 2. The second-order valence-electron chi connectivity index (χ2n) is 6.13. The maximum atomic E-state index is 12.9. The number of nitrogens with zero attached hydrogens (tertiary/aromatic N) is 3. The summed E-state index contributed by atoms with van der Waals surface area (Å²) in [5.41, 5.74) is 3.74. The highest BCUT2D eigenvalue weighted by molar-refractivity contribution is 6.04. The standard InChI is InChI=1S/C20H14N4O2/c21-10-14(18-11-22-16-3-1-2-4-17(16)23-18)20(26)13-5-7-15-12(9-13)6-8-19(25)24-15/h1-5,7,9,11,14H,6,8H2,(H,24,25)/t14-/m1/s1. The van der Waals surface area contributed by atoms with E-state index in [1.807, 2.05) is 24.3 Å². The molecule has 0 fully saturated rings. The van der Waals surface area contributed by atoms with Gasteiger partial charge in [-0.3, -0.25) is 14.6 Å². The van der Waals surface area contributed by atoms with E-state index < -0.39 is 5.92 Å². The predicted molar refractivity (Wildman–Crippen MR) is 95.6 cm³/mol. The van der Waals surface area contributed by atoms with Crippen molar-refractivity contribution < 1.29 is 9.59 Å². The summed E-state index contributed by atoms with van der Waals surface area (Å²) in [5, 5.41) is 12.3. The average Bonchev–Trinajstić information content (AvgIpc) is 2.68. The number of nitriles is 1. The maximum absolute atomic E-state index is 12.9. The molecule has 1 aliphatic heterocycles. The third kappa shape index (κ3) is 2.80. The molecule has 2 heterocycles. The molecule has 0 aliphatic carbocycles. The lowest BCUT2D eigenvalue weighted by atomic mass is 9.92. The fourth-order valence-electron chi connectivity index (χ4n) is 3.07. The smallest absolute Gasteiger partial charge is 0.224 e. The SMILES string of the molecule is N#C[C@@H](C(=O)c1ccc2c(c1)CCC(=O)N2)c1cnc2ccccc2n1. The Morgan fingerprint density at radius 1 is 1.15 bits per heavy atom. The molecule has 0 radical (unpaired) electrons. The topological polar surface area (TPSA) is 95.7 Å². The first-order valence-corrected chi connectivity index (χ1v) is 8.24. The lowest BCUT2D eigenvalue weighted by Gasteiger charge is -2.17. The monoisotopic (exact) mass is 342 g/mol. The van der Waals surface area contributed by atoms with E-state index in [1.165, 1.54) is 6.20 Å². The molecular formula is C20H14N4O2. The first-order valence-electron chi connectivity index (χ1n) is 8.24. The van der Waals surface area contributed by atoms with E-state index in [9.17, 15) is 14.9 Å². The number of rotatable bonds is 3. The Morgan fingerprint density at radius 2 is 1.96 bits per heavy atom. The number of ketones is 1. The van der Waals surface area contributed by atoms with Crippen molar-refractivity contribution in [3.05, 3.63) is 65.5 Å². The Labute approximate surface area is 149 Å². The van der Waals surface area contributed by atoms with Crippen molar-refractivity contribution in [1.29, 1.82) is 5.26 Å². The highest BCUT2D eigenvalue weighted by atomic mass is 16.1. The number of hydrogen-bond donors (Lipinski definition) is 1. The van der Waals surface area contributed by atoms with Crippen molar-refractivity contribution in [2.24, 2.45) is 0 Å². The number of fused-ring (bicyclic) bond motifs is 2. The molecule has 1 N–H and O–H groups in total. The molecule has 0 unspecified atom stereocenters. The van der Waals surface area contributed by atoms with Gasteiger partial charge in [0.25, 0.3) is 0 Å². The molecule has 4 rings (SSSR count). The second-order valence-corrected chi connectivity index (χ2v) is 6.13. The van der Waals surface area contributed by atoms with Gasteiger partial charge in [-0.05, 0) is 42.3 Å². The average molecular weight is 342 g/mol. The van der Waals surface area contributed by atoms with Gasteiger partial charge >= 0.3 is 0 Å². The van der Waals surface area contributed by atoms with E-state index in [2.05, 4.69) is 15.3 Å². The zero-order chi connectivity index (χ0) is 18.1. The number of nitrogens with one attached hydrogen (secondary N) is 1. The highest BCUT2D eigenvalue weighted by Gasteiger charge is 2.25. The summed E-state index contributed by atoms with van der Waals surface area (Å²) in [6, 6.07) is 14.4. The summed E-state index contributed by atoms with van der Waals surface area (Å²) in [6.07, 6.45) is 2.45. The fraction of sp³-hybridized carbons (Fsp3) is 0.150. The van der Waals surface area contributed by atoms with Gasteiger partial charge in [0.05, 0.1) is 29.0 Å². The highest BCUT2D eigenvalue weighted by Crippen LogP contribution is 2.27. The normalized spacial score (nSPS) is 14.2. The minimum absolute atomic E-state index is 0.0297. The number of anilines is 1. The lowest BCUT2D eigenvalue weighted by Crippen LogP contribution is -2.20. The Balaban J connectivity index is 1.69. The Bertz CT molecular complexity index is 1080. The van der Waals surface area contributed by atoms with Gasteiger partial charge in [0.2, 0.25) is 5.91 Å². The van der Waals surface area contributed by atoms with Crippen molar-refractivity contribution >= 4 is 28.4 Å². The van der Waals surface area contributed by atoms with E-state index in [0.717, 1.165) is 11.3 Å². The van der Waals surface area contributed by atoms with Gasteiger partial charge in [0.1, 0.15) is 0 Å². The molecule has 1 aliphatic rings. The van der Waals surface area contributed by atoms with Crippen molar-refractivity contribution in [1.82, 2.24) is 9.97 Å². The summed E-state index contributed by atoms with van der Waals surface area (Å²) >= 11 is 0. The molecule has 1 amide bonds. The zero-order valence-corrected chi connectivity index (χ0v) is 13.8. The van der Waals surface area contributed by atoms with E-state index in [0.29, 0.717) is 35.1 Å². The molecule has 0 saturated heterocycles. The number of amides is 1. The largest absolute Gasteiger partial charge is 0.326 e. The number of carbonyl (C=O) groups excluding carboxylic acids is 2. The third-order valence-corrected chi connectivity index (χ3v) is 4.44. The van der Waals surface area contributed by atoms with Crippen LogP contribution in [0, 0.1) is 11.3 Å². The molecule has 6 nitrogen and oxygen atoms in total. The summed E-state index contributed by atoms with van der Waals surface area (Å²) in [6.45, 7) is 0. The molecule has 1 atom stereocenters. The van der Waals surface area contributed by atoms with E-state index in [1.54, 1.807) is 24.3 Å². The van der Waals surface area contributed by atoms with Crippen LogP contribution in [0.15, 0.2) is 48.7 Å². The van der Waals surface area contributed by atoms with Crippen LogP contribution in [-0.4, -0.2) is 21.7 Å². The van der Waals surface area contributed by atoms with Gasteiger partial charge in [-0.25, -0.2) is 4.98 Å². The van der Waals surface area contributed by atoms with Gasteiger partial charge < -0.3 is 5.32 Å². The molecule has 0 saturated carbocycles. The molecule has 1 aromatic heterocycles. The van der Waals surface area contributed by atoms with Crippen LogP contribution in [0.4, 0.5) is 5.69 Å². The predicted octanol–water partition coefficient (Wildman–Crippen LogP) is 3.00. The van der Waals surface area contributed by atoms with Crippen LogP contribution in [-0.2, 0) is 11.2 Å². The minimum atomic E-state index is -1.02. The number of Topliss-reactive ketones (excluding diaryl/α,β-unsaturated/α-hetero) is 1. The number of aromatic nitrogens is 2. The number of hydrogen-bond acceptors (Lipinski definition) is 5. The molecule has 0 spiro atoms. The second kappa shape index (κ2) is 6.37. The first-order chi connectivity index (χ1) is 12.7. The van der Waals surface area contributed by atoms with E-state index in [4.69, 9.17) is 0 Å². The molecule has 6 heteroatoms. The van der Waals surface area contributed by atoms with Crippen LogP contribution in [0.25, 0.3) is 11.0 Å². The molecule has 0 bridgehead atoms. The summed E-state index contributed by atoms with van der Waals surface area (Å²) in [4.78, 5) is 33.1. The van der Waals surface area contributed by atoms with Crippen molar-refractivity contribution in [3.8, 4) is 6.07 Å². The van der Waals surface area contributed by atoms with Crippen LogP contribution < -0.4 is 5.32 Å². The van der Waals surface area contributed by atoms with Crippen LogP contribution in [0.3, 0.4) is 0 Å². The first kappa shape index (κ1) is 15.9. The summed E-state index contributed by atoms with van der Waals surface area (Å²) in [5.74, 6) is -1.38. The quantitative estimate of drug-likeness (QED) is 0.738. The lowest BCUT2D eigenvalue weighted by molar-refractivity contribution is -0.116. The number of benzene rings is 2. The Morgan fingerprint density at radius 3 is 2.77 bits per heavy atom. The van der Waals surface area contributed by atoms with Gasteiger partial charge in [-0.15, -0.1) is 0 Å². The summed E-state index contributed by atoms with van der Waals surface area (Å²) in [7, 11) is 0. The van der Waals surface area contributed by atoms with Crippen molar-refractivity contribution in [2.45, 2.75) is 18.8 Å². The zero-order valence-electron chi connectivity index (χ0n) is 13.8. The van der Waals surface area contributed by atoms with Crippen LogP contribution in [0.1, 0.15) is 34.0 Å². The number of aryl methyl sites for hydroxylation is 1. The fourth-order valence-corrected chi connectivity index (χ4v) is 3.07. The summed E-state index contributed by atoms with van der Waals surface area (Å²) < 4.78 is 0. The molecule has 2 aromatic carbocycles. The Kier molecular flexibility index (Phi) is 3.90. The van der Waals surface area contributed by atoms with Crippen molar-refractivity contribution in [2.75, 3.05) is 5.32 Å². The maximum Gasteiger partial charge on any atom is 0.224 e. The van der Waals surface area contributed by atoms with E-state index in [-0.39, 0.29) is 11.7 Å². The van der Waals surface area contributed by atoms with Gasteiger partial charge in [-0.2, -0.15) is 5.26 Å². The molecule has 126 valence electrons. The molecular weight excluding hydrogens is 328 g/mol. The van der Waals surface area contributed by atoms with Gasteiger partial charge in [0.15, 0.2) is 11.7 Å². The third-order valence-electron chi connectivity index (χ3n) is 4.44. The Hall–Kier alpha value is -3.59. The van der Waals surface area contributed by atoms with Crippen molar-refractivity contribution in [3.63, 3.8) is 0 Å². The minimum Gasteiger partial charge on any atom is -0.326 e.